The highest BCUT2D eigenvalue weighted by molar-refractivity contribution is 4.91. The van der Waals surface area contributed by atoms with Gasteiger partial charge in [0.05, 0.1) is 0 Å². The third kappa shape index (κ3) is 2.61. The van der Waals surface area contributed by atoms with Crippen LogP contribution < -0.4 is 0 Å². The summed E-state index contributed by atoms with van der Waals surface area (Å²) in [5, 5.41) is 0. The Balaban J connectivity index is 1.92. The molecule has 0 radical (unpaired) electrons. The molecule has 0 saturated heterocycles. The lowest BCUT2D eigenvalue weighted by molar-refractivity contribution is 0.0305. The second kappa shape index (κ2) is 5.08. The molecule has 0 spiro atoms. The first-order valence-corrected chi connectivity index (χ1v) is 7.35. The van der Waals surface area contributed by atoms with Crippen molar-refractivity contribution in [3.05, 3.63) is 0 Å². The van der Waals surface area contributed by atoms with Gasteiger partial charge >= 0.3 is 0 Å². The molecule has 0 amide bonds. The molecule has 0 bridgehead atoms. The van der Waals surface area contributed by atoms with E-state index in [4.69, 9.17) is 0 Å². The Morgan fingerprint density at radius 2 is 1.50 bits per heavy atom. The van der Waals surface area contributed by atoms with Crippen LogP contribution >= 0.6 is 0 Å². The highest BCUT2D eigenvalue weighted by Gasteiger charge is 2.35. The quantitative estimate of drug-likeness (QED) is 0.677. The van der Waals surface area contributed by atoms with Crippen LogP contribution in [0.1, 0.15) is 71.6 Å². The summed E-state index contributed by atoms with van der Waals surface area (Å²) in [6, 6.07) is 0.874. The molecule has 2 rings (SSSR count). The van der Waals surface area contributed by atoms with Crippen LogP contribution in [0.3, 0.4) is 0 Å². The summed E-state index contributed by atoms with van der Waals surface area (Å²) < 4.78 is 0. The monoisotopic (exact) mass is 223 g/mol. The van der Waals surface area contributed by atoms with Crippen LogP contribution in [0.4, 0.5) is 0 Å². The van der Waals surface area contributed by atoms with E-state index in [2.05, 4.69) is 25.8 Å². The summed E-state index contributed by atoms with van der Waals surface area (Å²) in [5.74, 6) is 0.976. The summed E-state index contributed by atoms with van der Waals surface area (Å²) in [6.45, 7) is 4.92. The van der Waals surface area contributed by atoms with Crippen molar-refractivity contribution in [2.24, 2.45) is 5.92 Å². The van der Waals surface area contributed by atoms with Gasteiger partial charge in [0.1, 0.15) is 0 Å². The van der Waals surface area contributed by atoms with Crippen LogP contribution in [-0.4, -0.2) is 23.5 Å². The fourth-order valence-electron chi connectivity index (χ4n) is 3.74. The average Bonchev–Trinajstić information content (AvgIpc) is 2.30. The van der Waals surface area contributed by atoms with E-state index in [0.717, 1.165) is 12.0 Å². The zero-order valence-electron chi connectivity index (χ0n) is 11.5. The Kier molecular flexibility index (Phi) is 3.94. The lowest BCUT2D eigenvalue weighted by Crippen LogP contribution is -2.51. The molecule has 94 valence electrons. The Morgan fingerprint density at radius 3 is 2.06 bits per heavy atom. The Morgan fingerprint density at radius 1 is 0.938 bits per heavy atom. The summed E-state index contributed by atoms with van der Waals surface area (Å²) >= 11 is 0. The van der Waals surface area contributed by atoms with E-state index in [1.165, 1.54) is 57.8 Å². The zero-order valence-corrected chi connectivity index (χ0v) is 11.5. The van der Waals surface area contributed by atoms with Gasteiger partial charge in [0.2, 0.25) is 0 Å². The van der Waals surface area contributed by atoms with Gasteiger partial charge in [-0.2, -0.15) is 0 Å². The fourth-order valence-corrected chi connectivity index (χ4v) is 3.74. The van der Waals surface area contributed by atoms with Gasteiger partial charge in [-0.15, -0.1) is 0 Å². The molecule has 16 heavy (non-hydrogen) atoms. The van der Waals surface area contributed by atoms with Gasteiger partial charge in [-0.05, 0) is 58.4 Å². The minimum absolute atomic E-state index is 0.517. The van der Waals surface area contributed by atoms with E-state index in [-0.39, 0.29) is 0 Å². The lowest BCUT2D eigenvalue weighted by atomic mass is 9.79. The van der Waals surface area contributed by atoms with E-state index in [1.807, 2.05) is 0 Å². The third-order valence-corrected chi connectivity index (χ3v) is 5.32. The maximum Gasteiger partial charge on any atom is 0.0181 e. The molecule has 2 aliphatic rings. The summed E-state index contributed by atoms with van der Waals surface area (Å²) in [5.41, 5.74) is 0.517. The number of hydrogen-bond acceptors (Lipinski definition) is 1. The molecule has 1 heteroatoms. The Hall–Kier alpha value is -0.0400. The highest BCUT2D eigenvalue weighted by atomic mass is 15.2. The number of nitrogens with zero attached hydrogens (tertiary/aromatic N) is 1. The van der Waals surface area contributed by atoms with Crippen molar-refractivity contribution in [3.63, 3.8) is 0 Å². The SMILES string of the molecule is CC1CCC(N(C)C2(C)CCCCC2)CC1. The van der Waals surface area contributed by atoms with Crippen LogP contribution in [0.25, 0.3) is 0 Å². The first-order valence-electron chi connectivity index (χ1n) is 7.35. The minimum atomic E-state index is 0.517. The van der Waals surface area contributed by atoms with Crippen LogP contribution in [-0.2, 0) is 0 Å². The van der Waals surface area contributed by atoms with Gasteiger partial charge in [-0.25, -0.2) is 0 Å². The molecule has 0 aromatic rings. The van der Waals surface area contributed by atoms with Gasteiger partial charge in [0, 0.05) is 11.6 Å². The molecule has 0 aromatic heterocycles. The van der Waals surface area contributed by atoms with Crippen molar-refractivity contribution in [2.75, 3.05) is 7.05 Å². The van der Waals surface area contributed by atoms with Crippen molar-refractivity contribution in [1.29, 1.82) is 0 Å². The maximum atomic E-state index is 2.75. The summed E-state index contributed by atoms with van der Waals surface area (Å²) in [6.07, 6.45) is 13.0. The second-order valence-corrected chi connectivity index (χ2v) is 6.58. The van der Waals surface area contributed by atoms with Crippen LogP contribution in [0.15, 0.2) is 0 Å². The largest absolute Gasteiger partial charge is 0.298 e. The molecule has 1 nitrogen and oxygen atoms in total. The molecule has 2 saturated carbocycles. The normalized spacial score (nSPS) is 35.2. The number of hydrogen-bond donors (Lipinski definition) is 0. The Bertz CT molecular complexity index is 209. The Labute approximate surface area is 102 Å². The van der Waals surface area contributed by atoms with E-state index < -0.39 is 0 Å². The summed E-state index contributed by atoms with van der Waals surface area (Å²) in [4.78, 5) is 2.75. The molecule has 0 N–H and O–H groups in total. The van der Waals surface area contributed by atoms with Crippen LogP contribution in [0.5, 0.6) is 0 Å². The predicted molar refractivity (Wildman–Crippen MR) is 70.7 cm³/mol. The van der Waals surface area contributed by atoms with Crippen LogP contribution in [0, 0.1) is 5.92 Å². The van der Waals surface area contributed by atoms with Gasteiger partial charge < -0.3 is 0 Å². The topological polar surface area (TPSA) is 3.24 Å². The van der Waals surface area contributed by atoms with Crippen LogP contribution in [0.2, 0.25) is 0 Å². The van der Waals surface area contributed by atoms with Crippen molar-refractivity contribution in [3.8, 4) is 0 Å². The van der Waals surface area contributed by atoms with Gasteiger partial charge in [-0.3, -0.25) is 4.90 Å². The molecule has 0 heterocycles. The molecular weight excluding hydrogens is 194 g/mol. The minimum Gasteiger partial charge on any atom is -0.298 e. The average molecular weight is 223 g/mol. The standard InChI is InChI=1S/C15H29N/c1-13-7-9-14(10-8-13)16(3)15(2)11-5-4-6-12-15/h13-14H,4-12H2,1-3H3. The molecule has 2 aliphatic carbocycles. The van der Waals surface area contributed by atoms with E-state index in [9.17, 15) is 0 Å². The van der Waals surface area contributed by atoms with Crippen molar-refractivity contribution >= 4 is 0 Å². The van der Waals surface area contributed by atoms with Crippen molar-refractivity contribution in [1.82, 2.24) is 4.90 Å². The van der Waals surface area contributed by atoms with Gasteiger partial charge in [-0.1, -0.05) is 26.2 Å². The smallest absolute Gasteiger partial charge is 0.0181 e. The molecular formula is C15H29N. The van der Waals surface area contributed by atoms with E-state index >= 15 is 0 Å². The van der Waals surface area contributed by atoms with Gasteiger partial charge in [0.25, 0.3) is 0 Å². The predicted octanol–water partition coefficient (Wildman–Crippen LogP) is 4.22. The molecule has 0 aliphatic heterocycles. The third-order valence-electron chi connectivity index (χ3n) is 5.32. The summed E-state index contributed by atoms with van der Waals surface area (Å²) in [7, 11) is 2.39. The molecule has 0 atom stereocenters. The lowest BCUT2D eigenvalue weighted by Gasteiger charge is -2.47. The van der Waals surface area contributed by atoms with Gasteiger partial charge in [0.15, 0.2) is 0 Å². The second-order valence-electron chi connectivity index (χ2n) is 6.58. The molecule has 0 aromatic carbocycles. The van der Waals surface area contributed by atoms with E-state index in [1.54, 1.807) is 0 Å². The van der Waals surface area contributed by atoms with Crippen molar-refractivity contribution < 1.29 is 0 Å². The first kappa shape index (κ1) is 12.4. The highest BCUT2D eigenvalue weighted by Crippen LogP contribution is 2.37. The fraction of sp³-hybridized carbons (Fsp3) is 1.00. The maximum absolute atomic E-state index is 2.75. The van der Waals surface area contributed by atoms with Crippen molar-refractivity contribution in [2.45, 2.75) is 83.2 Å². The first-order chi connectivity index (χ1) is 7.62. The molecule has 2 fully saturated rings. The van der Waals surface area contributed by atoms with E-state index in [0.29, 0.717) is 5.54 Å². The number of rotatable bonds is 2. The molecule has 0 unspecified atom stereocenters. The zero-order chi connectivity index (χ0) is 11.6.